The Hall–Kier alpha value is -2.75. The number of rotatable bonds is 7. The minimum atomic E-state index is -3.97. The molecule has 2 heterocycles. The van der Waals surface area contributed by atoms with E-state index in [-0.39, 0.29) is 29.6 Å². The molecule has 7 nitrogen and oxygen atoms in total. The molecule has 1 unspecified atom stereocenters. The van der Waals surface area contributed by atoms with E-state index < -0.39 is 15.8 Å². The summed E-state index contributed by atoms with van der Waals surface area (Å²) in [5.74, 6) is 0.0841. The van der Waals surface area contributed by atoms with Crippen molar-refractivity contribution >= 4 is 20.9 Å². The van der Waals surface area contributed by atoms with Gasteiger partial charge in [-0.3, -0.25) is 4.79 Å². The lowest BCUT2D eigenvalue weighted by Gasteiger charge is -2.25. The van der Waals surface area contributed by atoms with Gasteiger partial charge in [0.15, 0.2) is 0 Å². The predicted octanol–water partition coefficient (Wildman–Crippen LogP) is 3.05. The van der Waals surface area contributed by atoms with Gasteiger partial charge in [-0.2, -0.15) is 4.31 Å². The van der Waals surface area contributed by atoms with Gasteiger partial charge in [-0.15, -0.1) is 0 Å². The Morgan fingerprint density at radius 2 is 1.97 bits per heavy atom. The number of fused-ring (bicyclic) bond motifs is 1. The van der Waals surface area contributed by atoms with Gasteiger partial charge in [0, 0.05) is 31.3 Å². The summed E-state index contributed by atoms with van der Waals surface area (Å²) in [5.41, 5.74) is 0.522. The summed E-state index contributed by atoms with van der Waals surface area (Å²) < 4.78 is 52.0. The second-order valence-electron chi connectivity index (χ2n) is 7.46. The molecule has 1 aromatic heterocycles. The smallest absolute Gasteiger partial charge is 0.252 e. The predicted molar refractivity (Wildman–Crippen MR) is 114 cm³/mol. The van der Waals surface area contributed by atoms with E-state index in [4.69, 9.17) is 9.47 Å². The zero-order chi connectivity index (χ0) is 22.0. The SMILES string of the molecule is COc1ccc2cc(CN(CC3CCCO3)S(=O)(=O)c3ccc(F)cc3)c(=O)[nH]c2c1. The van der Waals surface area contributed by atoms with Gasteiger partial charge < -0.3 is 14.5 Å². The van der Waals surface area contributed by atoms with Crippen molar-refractivity contribution in [2.45, 2.75) is 30.4 Å². The minimum absolute atomic E-state index is 0.0335. The third-order valence-corrected chi connectivity index (χ3v) is 7.19. The van der Waals surface area contributed by atoms with Crippen LogP contribution in [0.5, 0.6) is 5.75 Å². The highest BCUT2D eigenvalue weighted by Crippen LogP contribution is 2.24. The van der Waals surface area contributed by atoms with E-state index in [1.54, 1.807) is 24.3 Å². The zero-order valence-corrected chi connectivity index (χ0v) is 17.8. The first-order chi connectivity index (χ1) is 14.9. The van der Waals surface area contributed by atoms with Gasteiger partial charge in [-0.05, 0) is 60.7 Å². The number of hydrogen-bond donors (Lipinski definition) is 1. The van der Waals surface area contributed by atoms with E-state index in [0.29, 0.717) is 23.4 Å². The maximum absolute atomic E-state index is 13.3. The Bertz CT molecular complexity index is 1230. The van der Waals surface area contributed by atoms with E-state index in [1.165, 1.54) is 23.5 Å². The summed E-state index contributed by atoms with van der Waals surface area (Å²) >= 11 is 0. The first-order valence-electron chi connectivity index (χ1n) is 9.94. The topological polar surface area (TPSA) is 88.7 Å². The molecule has 31 heavy (non-hydrogen) atoms. The van der Waals surface area contributed by atoms with Crippen LogP contribution in [0.25, 0.3) is 10.9 Å². The first-order valence-corrected chi connectivity index (χ1v) is 11.4. The molecule has 0 bridgehead atoms. The molecule has 1 N–H and O–H groups in total. The molecular formula is C22H23FN2O5S. The van der Waals surface area contributed by atoms with Crippen LogP contribution in [0.1, 0.15) is 18.4 Å². The molecule has 1 saturated heterocycles. The number of benzene rings is 2. The lowest BCUT2D eigenvalue weighted by Crippen LogP contribution is -2.38. The molecule has 1 fully saturated rings. The number of nitrogens with zero attached hydrogens (tertiary/aromatic N) is 1. The van der Waals surface area contributed by atoms with Gasteiger partial charge in [-0.1, -0.05) is 0 Å². The van der Waals surface area contributed by atoms with Gasteiger partial charge in [0.05, 0.1) is 23.6 Å². The van der Waals surface area contributed by atoms with Crippen LogP contribution in [0.2, 0.25) is 0 Å². The molecule has 4 rings (SSSR count). The van der Waals surface area contributed by atoms with Crippen molar-refractivity contribution in [1.29, 1.82) is 0 Å². The van der Waals surface area contributed by atoms with Crippen LogP contribution in [-0.2, 0) is 21.3 Å². The van der Waals surface area contributed by atoms with Crippen LogP contribution in [-0.4, -0.2) is 44.1 Å². The van der Waals surface area contributed by atoms with Gasteiger partial charge in [0.1, 0.15) is 11.6 Å². The fourth-order valence-electron chi connectivity index (χ4n) is 3.68. The Morgan fingerprint density at radius 1 is 1.19 bits per heavy atom. The molecule has 1 aliphatic heterocycles. The monoisotopic (exact) mass is 446 g/mol. The number of ether oxygens (including phenoxy) is 2. The number of halogens is 1. The molecular weight excluding hydrogens is 423 g/mol. The summed E-state index contributed by atoms with van der Waals surface area (Å²) in [6, 6.07) is 11.6. The molecule has 0 aliphatic carbocycles. The molecule has 1 aliphatic rings. The number of nitrogens with one attached hydrogen (secondary N) is 1. The normalized spacial score (nSPS) is 16.8. The highest BCUT2D eigenvalue weighted by molar-refractivity contribution is 7.89. The lowest BCUT2D eigenvalue weighted by atomic mass is 10.1. The second kappa shape index (κ2) is 8.78. The zero-order valence-electron chi connectivity index (χ0n) is 17.0. The fraction of sp³-hybridized carbons (Fsp3) is 0.318. The van der Waals surface area contributed by atoms with E-state index in [2.05, 4.69) is 4.98 Å². The van der Waals surface area contributed by atoms with E-state index in [1.807, 2.05) is 0 Å². The maximum atomic E-state index is 13.3. The molecule has 0 saturated carbocycles. The fourth-order valence-corrected chi connectivity index (χ4v) is 5.13. The summed E-state index contributed by atoms with van der Waals surface area (Å²) in [6.07, 6.45) is 1.34. The average Bonchev–Trinajstić information content (AvgIpc) is 3.27. The average molecular weight is 447 g/mol. The van der Waals surface area contributed by atoms with Crippen molar-refractivity contribution < 1.29 is 22.3 Å². The van der Waals surface area contributed by atoms with Crippen molar-refractivity contribution in [2.75, 3.05) is 20.3 Å². The highest BCUT2D eigenvalue weighted by Gasteiger charge is 2.30. The van der Waals surface area contributed by atoms with Crippen molar-refractivity contribution in [3.05, 3.63) is 70.3 Å². The van der Waals surface area contributed by atoms with Gasteiger partial charge in [0.25, 0.3) is 5.56 Å². The highest BCUT2D eigenvalue weighted by atomic mass is 32.2. The third-order valence-electron chi connectivity index (χ3n) is 5.36. The quantitative estimate of drug-likeness (QED) is 0.603. The van der Waals surface area contributed by atoms with Crippen LogP contribution >= 0.6 is 0 Å². The number of H-pyrrole nitrogens is 1. The maximum Gasteiger partial charge on any atom is 0.252 e. The van der Waals surface area contributed by atoms with Crippen LogP contribution in [0.4, 0.5) is 4.39 Å². The van der Waals surface area contributed by atoms with E-state index in [0.717, 1.165) is 30.4 Å². The van der Waals surface area contributed by atoms with Gasteiger partial charge in [0.2, 0.25) is 10.0 Å². The van der Waals surface area contributed by atoms with Crippen molar-refractivity contribution in [1.82, 2.24) is 9.29 Å². The van der Waals surface area contributed by atoms with E-state index >= 15 is 0 Å². The van der Waals surface area contributed by atoms with Crippen molar-refractivity contribution in [3.8, 4) is 5.75 Å². The largest absolute Gasteiger partial charge is 0.497 e. The third kappa shape index (κ3) is 4.63. The molecule has 0 amide bonds. The number of methoxy groups -OCH3 is 1. The Kier molecular flexibility index (Phi) is 6.08. The van der Waals surface area contributed by atoms with E-state index in [9.17, 15) is 17.6 Å². The van der Waals surface area contributed by atoms with Crippen LogP contribution in [0, 0.1) is 5.82 Å². The summed E-state index contributed by atoms with van der Waals surface area (Å²) in [5, 5.41) is 0.756. The first kappa shape index (κ1) is 21.5. The van der Waals surface area contributed by atoms with Crippen molar-refractivity contribution in [3.63, 3.8) is 0 Å². The Balaban J connectivity index is 1.71. The Labute approximate surface area is 179 Å². The molecule has 2 aromatic carbocycles. The number of aromatic amines is 1. The summed E-state index contributed by atoms with van der Waals surface area (Å²) in [4.78, 5) is 15.5. The lowest BCUT2D eigenvalue weighted by molar-refractivity contribution is 0.0925. The molecule has 0 radical (unpaired) electrons. The molecule has 1 atom stereocenters. The number of aromatic nitrogens is 1. The van der Waals surface area contributed by atoms with Crippen molar-refractivity contribution in [2.24, 2.45) is 0 Å². The van der Waals surface area contributed by atoms with Crippen LogP contribution in [0.3, 0.4) is 0 Å². The Morgan fingerprint density at radius 3 is 2.65 bits per heavy atom. The number of hydrogen-bond acceptors (Lipinski definition) is 5. The standard InChI is InChI=1S/C22H23FN2O5S/c1-29-18-7-4-15-11-16(22(26)24-21(15)12-18)13-25(14-19-3-2-10-30-19)31(27,28)20-8-5-17(23)6-9-20/h4-9,11-12,19H,2-3,10,13-14H2,1H3,(H,24,26). The number of sulfonamides is 1. The summed E-state index contributed by atoms with van der Waals surface area (Å²) in [6.45, 7) is 0.560. The molecule has 3 aromatic rings. The van der Waals surface area contributed by atoms with Gasteiger partial charge in [-0.25, -0.2) is 12.8 Å². The number of pyridine rings is 1. The molecule has 9 heteroatoms. The van der Waals surface area contributed by atoms with Gasteiger partial charge >= 0.3 is 0 Å². The molecule has 164 valence electrons. The van der Waals surface area contributed by atoms with Crippen LogP contribution in [0.15, 0.2) is 58.2 Å². The summed E-state index contributed by atoms with van der Waals surface area (Å²) in [7, 11) is -2.43. The molecule has 0 spiro atoms. The minimum Gasteiger partial charge on any atom is -0.497 e. The van der Waals surface area contributed by atoms with Crippen LogP contribution < -0.4 is 10.3 Å². The second-order valence-corrected chi connectivity index (χ2v) is 9.40.